The van der Waals surface area contributed by atoms with Gasteiger partial charge in [-0.15, -0.1) is 0 Å². The van der Waals surface area contributed by atoms with Crippen molar-refractivity contribution in [3.05, 3.63) is 0 Å². The van der Waals surface area contributed by atoms with Gasteiger partial charge in [0, 0.05) is 0 Å². The van der Waals surface area contributed by atoms with Crippen LogP contribution in [0.5, 0.6) is 0 Å². The Morgan fingerprint density at radius 3 is 2.06 bits per heavy atom. The molecule has 34 heavy (non-hydrogen) atoms. The van der Waals surface area contributed by atoms with E-state index in [1.165, 1.54) is 0 Å². The Hall–Kier alpha value is -0.930. The number of carbonyl (C=O) groups excluding carboxylic acids is 1. The van der Waals surface area contributed by atoms with E-state index in [4.69, 9.17) is 14.2 Å². The quantitative estimate of drug-likeness (QED) is 0.130. The van der Waals surface area contributed by atoms with Crippen LogP contribution in [0, 0.1) is 0 Å². The summed E-state index contributed by atoms with van der Waals surface area (Å²) in [6, 6.07) is 0. The molecular formula is C18H32O16. The zero-order valence-electron chi connectivity index (χ0n) is 17.9. The molecule has 0 spiro atoms. The average molecular weight is 504 g/mol. The second-order valence-electron chi connectivity index (χ2n) is 8.41. The number of ether oxygens (including phenoxy) is 3. The van der Waals surface area contributed by atoms with Gasteiger partial charge in [0.15, 0.2) is 30.1 Å². The highest BCUT2D eigenvalue weighted by molar-refractivity contribution is 5.67. The highest BCUT2D eigenvalue weighted by Crippen LogP contribution is 2.41. The van der Waals surface area contributed by atoms with Gasteiger partial charge >= 0.3 is 0 Å². The van der Waals surface area contributed by atoms with Crippen LogP contribution < -0.4 is 0 Å². The van der Waals surface area contributed by atoms with Crippen molar-refractivity contribution in [2.24, 2.45) is 0 Å². The third kappa shape index (κ3) is 4.73. The molecule has 0 saturated carbocycles. The lowest BCUT2D eigenvalue weighted by Gasteiger charge is -2.55. The van der Waals surface area contributed by atoms with Gasteiger partial charge in [0.1, 0.15) is 54.9 Å². The molecule has 0 bridgehead atoms. The number of hydrogen-bond acceptors (Lipinski definition) is 16. The van der Waals surface area contributed by atoms with Gasteiger partial charge in [-0.1, -0.05) is 0 Å². The summed E-state index contributed by atoms with van der Waals surface area (Å²) in [5.41, 5.74) is -6.53. The van der Waals surface area contributed by atoms with Crippen LogP contribution in [0.15, 0.2) is 0 Å². The molecule has 0 aromatic carbocycles. The first-order valence-electron chi connectivity index (χ1n) is 10.3. The molecular weight excluding hydrogens is 472 g/mol. The van der Waals surface area contributed by atoms with Crippen LogP contribution >= 0.6 is 0 Å². The van der Waals surface area contributed by atoms with E-state index >= 15 is 0 Å². The summed E-state index contributed by atoms with van der Waals surface area (Å²) in [7, 11) is 0. The zero-order valence-corrected chi connectivity index (χ0v) is 17.9. The monoisotopic (exact) mass is 504 g/mol. The van der Waals surface area contributed by atoms with E-state index < -0.39 is 104 Å². The Balaban J connectivity index is 2.48. The van der Waals surface area contributed by atoms with Crippen LogP contribution in [0.1, 0.15) is 6.92 Å². The SMILES string of the molecule is C[C@H](O)[C@@H](O)[C@@H](O)[C@@](O)(C=O)[C@]1(CO)O[C@@H](O[C@H]2[C@H](O)C(O)C(O)O[C@@H]2CO)[C@H](O)[C@@H](O)[C@H]1O. The Kier molecular flexibility index (Phi) is 9.47. The lowest BCUT2D eigenvalue weighted by atomic mass is 9.70. The number of aliphatic hydroxyl groups excluding tert-OH is 11. The number of hydrogen-bond donors (Lipinski definition) is 12. The Morgan fingerprint density at radius 2 is 1.59 bits per heavy atom. The molecule has 0 aliphatic carbocycles. The molecule has 2 fully saturated rings. The zero-order chi connectivity index (χ0) is 26.2. The van der Waals surface area contributed by atoms with Crippen molar-refractivity contribution in [3.63, 3.8) is 0 Å². The van der Waals surface area contributed by atoms with Crippen molar-refractivity contribution in [1.82, 2.24) is 0 Å². The molecule has 0 aromatic heterocycles. The van der Waals surface area contributed by atoms with Crippen molar-refractivity contribution in [3.8, 4) is 0 Å². The van der Waals surface area contributed by atoms with Crippen LogP contribution in [-0.2, 0) is 19.0 Å². The van der Waals surface area contributed by atoms with Gasteiger partial charge < -0.3 is 75.5 Å². The minimum Gasteiger partial charge on any atom is -0.394 e. The maximum atomic E-state index is 11.9. The van der Waals surface area contributed by atoms with Crippen molar-refractivity contribution >= 4 is 6.29 Å². The number of carbonyl (C=O) groups is 1. The van der Waals surface area contributed by atoms with E-state index in [1.807, 2.05) is 0 Å². The van der Waals surface area contributed by atoms with Gasteiger partial charge in [-0.2, -0.15) is 0 Å². The standard InChI is InChI=1S/C18H32O16/c1-5(22)7(23)13(28)17(31,3-20)18(4-21)14(29)9(25)11(27)16(34-18)33-12-6(2-19)32-15(30)10(26)8(12)24/h3,5-16,19,21-31H,2,4H2,1H3/t5-,6+,7+,8+,9+,10?,11+,12+,13+,14+,15?,16+,17-,18+/m0/s1. The van der Waals surface area contributed by atoms with Crippen LogP contribution in [0.4, 0.5) is 0 Å². The predicted molar refractivity (Wildman–Crippen MR) is 102 cm³/mol. The van der Waals surface area contributed by atoms with E-state index in [0.29, 0.717) is 0 Å². The molecule has 12 N–H and O–H groups in total. The van der Waals surface area contributed by atoms with Crippen LogP contribution in [0.25, 0.3) is 0 Å². The summed E-state index contributed by atoms with van der Waals surface area (Å²) in [5.74, 6) is 0. The summed E-state index contributed by atoms with van der Waals surface area (Å²) < 4.78 is 15.5. The predicted octanol–water partition coefficient (Wildman–Crippen LogP) is -7.99. The first-order valence-corrected chi connectivity index (χ1v) is 10.3. The van der Waals surface area contributed by atoms with Gasteiger partial charge in [0.2, 0.25) is 0 Å². The third-order valence-corrected chi connectivity index (χ3v) is 6.25. The van der Waals surface area contributed by atoms with Crippen molar-refractivity contribution in [2.45, 2.75) is 91.7 Å². The maximum absolute atomic E-state index is 11.9. The molecule has 2 aliphatic rings. The summed E-state index contributed by atoms with van der Waals surface area (Å²) in [6.45, 7) is -1.46. The second kappa shape index (κ2) is 11.0. The van der Waals surface area contributed by atoms with Crippen molar-refractivity contribution in [2.75, 3.05) is 13.2 Å². The van der Waals surface area contributed by atoms with E-state index in [0.717, 1.165) is 6.92 Å². The molecule has 0 radical (unpaired) electrons. The fraction of sp³-hybridized carbons (Fsp3) is 0.944. The van der Waals surface area contributed by atoms with E-state index in [1.54, 1.807) is 0 Å². The summed E-state index contributed by atoms with van der Waals surface area (Å²) in [4.78, 5) is 11.9. The summed E-state index contributed by atoms with van der Waals surface area (Å²) >= 11 is 0. The van der Waals surface area contributed by atoms with E-state index in [-0.39, 0.29) is 0 Å². The number of aldehydes is 1. The summed E-state index contributed by atoms with van der Waals surface area (Å²) in [5, 5.41) is 121. The molecule has 16 heteroatoms. The number of rotatable bonds is 9. The molecule has 2 heterocycles. The van der Waals surface area contributed by atoms with Crippen LogP contribution in [0.3, 0.4) is 0 Å². The highest BCUT2D eigenvalue weighted by atomic mass is 16.7. The average Bonchev–Trinajstić information content (AvgIpc) is 2.82. The van der Waals surface area contributed by atoms with Gasteiger partial charge in [-0.05, 0) is 6.92 Å². The first-order chi connectivity index (χ1) is 15.7. The Bertz CT molecular complexity index is 678. The topological polar surface area (TPSA) is 288 Å². The lowest BCUT2D eigenvalue weighted by Crippen LogP contribution is -2.79. The molecule has 2 rings (SSSR count). The normalized spacial score (nSPS) is 45.7. The molecule has 16 nitrogen and oxygen atoms in total. The minimum atomic E-state index is -3.44. The van der Waals surface area contributed by atoms with E-state index in [9.17, 15) is 66.1 Å². The first kappa shape index (κ1) is 29.3. The second-order valence-corrected chi connectivity index (χ2v) is 8.41. The molecule has 200 valence electrons. The maximum Gasteiger partial charge on any atom is 0.187 e. The largest absolute Gasteiger partial charge is 0.394 e. The molecule has 0 aromatic rings. The number of aliphatic hydroxyl groups is 12. The molecule has 2 unspecified atom stereocenters. The molecule has 0 amide bonds. The van der Waals surface area contributed by atoms with Gasteiger partial charge in [0.05, 0.1) is 19.3 Å². The van der Waals surface area contributed by atoms with E-state index in [2.05, 4.69) is 0 Å². The van der Waals surface area contributed by atoms with Crippen LogP contribution in [0.2, 0.25) is 0 Å². The highest BCUT2D eigenvalue weighted by Gasteiger charge is 2.68. The van der Waals surface area contributed by atoms with Crippen LogP contribution in [-0.4, -0.2) is 166 Å². The fourth-order valence-corrected chi connectivity index (χ4v) is 4.00. The molecule has 2 aliphatic heterocycles. The molecule has 2 saturated heterocycles. The van der Waals surface area contributed by atoms with Gasteiger partial charge in [0.25, 0.3) is 0 Å². The fourth-order valence-electron chi connectivity index (χ4n) is 4.00. The third-order valence-electron chi connectivity index (χ3n) is 6.25. The lowest BCUT2D eigenvalue weighted by molar-refractivity contribution is -0.399. The Labute approximate surface area is 192 Å². The van der Waals surface area contributed by atoms with Crippen molar-refractivity contribution < 1.29 is 80.3 Å². The summed E-state index contributed by atoms with van der Waals surface area (Å²) in [6.07, 6.45) is -25.5. The smallest absolute Gasteiger partial charge is 0.187 e. The molecule has 14 atom stereocenters. The minimum absolute atomic E-state index is 0.431. The van der Waals surface area contributed by atoms with Crippen molar-refractivity contribution in [1.29, 1.82) is 0 Å². The van der Waals surface area contributed by atoms with Gasteiger partial charge in [-0.3, -0.25) is 4.79 Å². The van der Waals surface area contributed by atoms with Gasteiger partial charge in [-0.25, -0.2) is 0 Å². The Morgan fingerprint density at radius 1 is 1.00 bits per heavy atom.